The molecular formula is C28H45BrO4. The molecule has 0 aliphatic carbocycles. The number of halogens is 1. The van der Waals surface area contributed by atoms with Gasteiger partial charge in [0.15, 0.2) is 0 Å². The number of benzene rings is 1. The molecule has 0 amide bonds. The van der Waals surface area contributed by atoms with E-state index in [9.17, 15) is 9.59 Å². The summed E-state index contributed by atoms with van der Waals surface area (Å²) in [6.45, 7) is 3.12. The number of hydrogen-bond donors (Lipinski definition) is 0. The minimum atomic E-state index is -0.255. The maximum Gasteiger partial charge on any atom is 0.305 e. The van der Waals surface area contributed by atoms with Crippen molar-refractivity contribution in [1.29, 1.82) is 0 Å². The highest BCUT2D eigenvalue weighted by atomic mass is 79.9. The van der Waals surface area contributed by atoms with Crippen LogP contribution < -0.4 is 0 Å². The second-order valence-corrected chi connectivity index (χ2v) is 9.83. The fraction of sp³-hybridized carbons (Fsp3) is 0.714. The molecule has 0 radical (unpaired) electrons. The third-order valence-electron chi connectivity index (χ3n) is 5.82. The lowest BCUT2D eigenvalue weighted by Gasteiger charge is -2.06. The number of hydrogen-bond acceptors (Lipinski definition) is 4. The highest BCUT2D eigenvalue weighted by Gasteiger charge is 2.07. The fourth-order valence-corrected chi connectivity index (χ4v) is 4.25. The average Bonchev–Trinajstić information content (AvgIpc) is 2.79. The largest absolute Gasteiger partial charge is 0.466 e. The molecule has 0 aliphatic rings. The van der Waals surface area contributed by atoms with Crippen LogP contribution in [0.2, 0.25) is 0 Å². The summed E-state index contributed by atoms with van der Waals surface area (Å²) >= 11 is 3.43. The third kappa shape index (κ3) is 18.7. The summed E-state index contributed by atoms with van der Waals surface area (Å²) in [7, 11) is 0. The summed E-state index contributed by atoms with van der Waals surface area (Å²) in [6, 6.07) is 7.95. The van der Waals surface area contributed by atoms with Crippen molar-refractivity contribution in [2.24, 2.45) is 0 Å². The Morgan fingerprint density at radius 1 is 0.697 bits per heavy atom. The molecule has 188 valence electrons. The van der Waals surface area contributed by atoms with E-state index in [0.29, 0.717) is 26.1 Å². The van der Waals surface area contributed by atoms with Crippen LogP contribution in [0.4, 0.5) is 0 Å². The number of carbonyl (C=O) groups is 2. The van der Waals surface area contributed by atoms with Crippen LogP contribution >= 0.6 is 15.9 Å². The van der Waals surface area contributed by atoms with Crippen LogP contribution in [0.15, 0.2) is 28.7 Å². The monoisotopic (exact) mass is 524 g/mol. The van der Waals surface area contributed by atoms with Gasteiger partial charge in [0.1, 0.15) is 0 Å². The van der Waals surface area contributed by atoms with Gasteiger partial charge in [-0.25, -0.2) is 0 Å². The van der Waals surface area contributed by atoms with Gasteiger partial charge in [0, 0.05) is 23.7 Å². The number of ether oxygens (including phenoxy) is 2. The smallest absolute Gasteiger partial charge is 0.305 e. The zero-order valence-electron chi connectivity index (χ0n) is 20.8. The molecule has 1 aromatic rings. The molecule has 0 aromatic heterocycles. The average molecular weight is 526 g/mol. The molecule has 0 saturated carbocycles. The van der Waals surface area contributed by atoms with Crippen LogP contribution in [-0.2, 0) is 25.5 Å². The van der Waals surface area contributed by atoms with Crippen LogP contribution in [0.5, 0.6) is 0 Å². The number of unbranched alkanes of at least 4 members (excludes halogenated alkanes) is 12. The molecule has 0 N–H and O–H groups in total. The van der Waals surface area contributed by atoms with Gasteiger partial charge in [-0.3, -0.25) is 9.59 Å². The van der Waals surface area contributed by atoms with Gasteiger partial charge in [0.2, 0.25) is 0 Å². The Hall–Kier alpha value is -1.36. The van der Waals surface area contributed by atoms with Gasteiger partial charge < -0.3 is 9.47 Å². The Morgan fingerprint density at radius 2 is 1.21 bits per heavy atom. The predicted molar refractivity (Wildman–Crippen MR) is 139 cm³/mol. The van der Waals surface area contributed by atoms with E-state index in [4.69, 9.17) is 9.47 Å². The van der Waals surface area contributed by atoms with Crippen molar-refractivity contribution in [3.8, 4) is 0 Å². The van der Waals surface area contributed by atoms with E-state index in [1.54, 1.807) is 0 Å². The topological polar surface area (TPSA) is 52.6 Å². The molecule has 0 saturated heterocycles. The minimum absolute atomic E-state index is 0.212. The summed E-state index contributed by atoms with van der Waals surface area (Å²) in [5.74, 6) is -0.467. The van der Waals surface area contributed by atoms with Crippen molar-refractivity contribution in [2.75, 3.05) is 13.2 Å². The summed E-state index contributed by atoms with van der Waals surface area (Å²) < 4.78 is 11.5. The molecule has 1 aromatic carbocycles. The first kappa shape index (κ1) is 29.7. The van der Waals surface area contributed by atoms with Gasteiger partial charge in [0.25, 0.3) is 0 Å². The van der Waals surface area contributed by atoms with E-state index < -0.39 is 0 Å². The van der Waals surface area contributed by atoms with Gasteiger partial charge >= 0.3 is 11.9 Å². The zero-order chi connectivity index (χ0) is 24.0. The Labute approximate surface area is 210 Å². The molecule has 4 nitrogen and oxygen atoms in total. The van der Waals surface area contributed by atoms with Crippen molar-refractivity contribution in [3.63, 3.8) is 0 Å². The van der Waals surface area contributed by atoms with E-state index in [1.807, 2.05) is 24.3 Å². The standard InChI is InChI=1S/C28H45BrO4/c1-2-3-4-5-6-7-8-9-10-11-12-13-14-22-32-27(30)19-16-20-28(31)33-23-21-25-17-15-18-26(29)24-25/h15,17-18,24H,2-14,16,19-23H2,1H3. The highest BCUT2D eigenvalue weighted by molar-refractivity contribution is 9.10. The molecule has 0 aliphatic heterocycles. The van der Waals surface area contributed by atoms with Crippen LogP contribution in [0.3, 0.4) is 0 Å². The van der Waals surface area contributed by atoms with Crippen LogP contribution in [0.25, 0.3) is 0 Å². The first-order valence-corrected chi connectivity index (χ1v) is 14.0. The lowest BCUT2D eigenvalue weighted by molar-refractivity contribution is -0.145. The van der Waals surface area contributed by atoms with Crippen molar-refractivity contribution in [3.05, 3.63) is 34.3 Å². The van der Waals surface area contributed by atoms with Crippen molar-refractivity contribution in [2.45, 2.75) is 116 Å². The van der Waals surface area contributed by atoms with E-state index in [1.165, 1.54) is 70.6 Å². The Morgan fingerprint density at radius 3 is 1.76 bits per heavy atom. The first-order chi connectivity index (χ1) is 16.1. The van der Waals surface area contributed by atoms with E-state index in [-0.39, 0.29) is 24.8 Å². The van der Waals surface area contributed by atoms with Crippen molar-refractivity contribution >= 4 is 27.9 Å². The van der Waals surface area contributed by atoms with Gasteiger partial charge in [-0.1, -0.05) is 112 Å². The van der Waals surface area contributed by atoms with Crippen molar-refractivity contribution < 1.29 is 19.1 Å². The third-order valence-corrected chi connectivity index (χ3v) is 6.31. The quantitative estimate of drug-likeness (QED) is 0.120. The second-order valence-electron chi connectivity index (χ2n) is 8.92. The molecule has 0 heterocycles. The maximum atomic E-state index is 11.8. The molecule has 33 heavy (non-hydrogen) atoms. The fourth-order valence-electron chi connectivity index (χ4n) is 3.80. The lowest BCUT2D eigenvalue weighted by Crippen LogP contribution is -2.10. The number of rotatable bonds is 21. The van der Waals surface area contributed by atoms with Crippen LogP contribution in [0.1, 0.15) is 115 Å². The Bertz CT molecular complexity index is 632. The van der Waals surface area contributed by atoms with E-state index in [2.05, 4.69) is 22.9 Å². The minimum Gasteiger partial charge on any atom is -0.466 e. The van der Waals surface area contributed by atoms with Gasteiger partial charge in [0.05, 0.1) is 13.2 Å². The molecule has 0 atom stereocenters. The van der Waals surface area contributed by atoms with Crippen molar-refractivity contribution in [1.82, 2.24) is 0 Å². The molecule has 0 unspecified atom stereocenters. The van der Waals surface area contributed by atoms with Gasteiger partial charge in [-0.05, 0) is 30.5 Å². The lowest BCUT2D eigenvalue weighted by atomic mass is 10.0. The second kappa shape index (κ2) is 21.2. The normalized spacial score (nSPS) is 10.8. The summed E-state index contributed by atoms with van der Waals surface area (Å²) in [6.07, 6.45) is 18.6. The molecule has 0 spiro atoms. The van der Waals surface area contributed by atoms with Crippen LogP contribution in [-0.4, -0.2) is 25.2 Å². The highest BCUT2D eigenvalue weighted by Crippen LogP contribution is 2.13. The predicted octanol–water partition coefficient (Wildman–Crippen LogP) is 8.34. The van der Waals surface area contributed by atoms with E-state index >= 15 is 0 Å². The Balaban J connectivity index is 1.84. The first-order valence-electron chi connectivity index (χ1n) is 13.2. The summed E-state index contributed by atoms with van der Waals surface area (Å²) in [5, 5.41) is 0. The maximum absolute atomic E-state index is 11.8. The van der Waals surface area contributed by atoms with Gasteiger partial charge in [-0.2, -0.15) is 0 Å². The molecule has 0 bridgehead atoms. The summed E-state index contributed by atoms with van der Waals surface area (Å²) in [4.78, 5) is 23.6. The summed E-state index contributed by atoms with van der Waals surface area (Å²) in [5.41, 5.74) is 1.12. The van der Waals surface area contributed by atoms with Gasteiger partial charge in [-0.15, -0.1) is 0 Å². The molecule has 0 fully saturated rings. The Kier molecular flexibility index (Phi) is 19.1. The molecular weight excluding hydrogens is 480 g/mol. The molecule has 1 rings (SSSR count). The number of carbonyl (C=O) groups excluding carboxylic acids is 2. The van der Waals surface area contributed by atoms with Crippen LogP contribution in [0, 0.1) is 0 Å². The number of esters is 2. The SMILES string of the molecule is CCCCCCCCCCCCCCCOC(=O)CCCC(=O)OCCc1cccc(Br)c1. The zero-order valence-corrected chi connectivity index (χ0v) is 22.3. The van der Waals surface area contributed by atoms with E-state index in [0.717, 1.165) is 22.9 Å². The molecule has 5 heteroatoms.